The Morgan fingerprint density at radius 2 is 2.39 bits per heavy atom. The van der Waals surface area contributed by atoms with Crippen LogP contribution in [0.2, 0.25) is 0 Å². The zero-order valence-corrected chi connectivity index (χ0v) is 10.5. The molecule has 1 saturated heterocycles. The van der Waals surface area contributed by atoms with E-state index in [4.69, 9.17) is 4.74 Å². The van der Waals surface area contributed by atoms with E-state index in [1.807, 2.05) is 6.07 Å². The van der Waals surface area contributed by atoms with E-state index in [1.54, 1.807) is 13.0 Å². The van der Waals surface area contributed by atoms with Gasteiger partial charge in [0.25, 0.3) is 0 Å². The lowest BCUT2D eigenvalue weighted by Crippen LogP contribution is -2.35. The Hall–Kier alpha value is -1.42. The Labute approximate surface area is 106 Å². The molecule has 0 aromatic heterocycles. The van der Waals surface area contributed by atoms with Crippen molar-refractivity contribution in [3.8, 4) is 0 Å². The van der Waals surface area contributed by atoms with Crippen molar-refractivity contribution in [1.82, 2.24) is 5.32 Å². The molecular formula is C14H18FNO2. The van der Waals surface area contributed by atoms with Crippen LogP contribution in [0.25, 0.3) is 0 Å². The fourth-order valence-electron chi connectivity index (χ4n) is 2.09. The second-order valence-electron chi connectivity index (χ2n) is 4.63. The number of rotatable bonds is 4. The summed E-state index contributed by atoms with van der Waals surface area (Å²) in [5, 5.41) is 2.85. The molecule has 1 N–H and O–H groups in total. The lowest BCUT2D eigenvalue weighted by Gasteiger charge is -2.10. The molecule has 3 nitrogen and oxygen atoms in total. The molecule has 1 aliphatic rings. The average molecular weight is 251 g/mol. The van der Waals surface area contributed by atoms with Crippen molar-refractivity contribution < 1.29 is 13.9 Å². The highest BCUT2D eigenvalue weighted by Crippen LogP contribution is 2.12. The number of aryl methyl sites for hydroxylation is 1. The van der Waals surface area contributed by atoms with Crippen LogP contribution in [0.3, 0.4) is 0 Å². The summed E-state index contributed by atoms with van der Waals surface area (Å²) in [6.45, 7) is 2.97. The van der Waals surface area contributed by atoms with Gasteiger partial charge in [0, 0.05) is 13.2 Å². The Bertz CT molecular complexity index is 428. The number of halogens is 1. The number of ether oxygens (including phenoxy) is 1. The summed E-state index contributed by atoms with van der Waals surface area (Å²) in [6, 6.07) is 5.03. The van der Waals surface area contributed by atoms with E-state index >= 15 is 0 Å². The van der Waals surface area contributed by atoms with Crippen molar-refractivity contribution in [2.45, 2.75) is 32.3 Å². The van der Waals surface area contributed by atoms with Gasteiger partial charge in [0.15, 0.2) is 0 Å². The highest BCUT2D eigenvalue weighted by molar-refractivity contribution is 5.80. The molecule has 1 aromatic rings. The Morgan fingerprint density at radius 1 is 1.56 bits per heavy atom. The SMILES string of the molecule is Cc1cc(CCNC(=O)C2CCCO2)ccc1F. The topological polar surface area (TPSA) is 38.3 Å². The molecule has 0 saturated carbocycles. The average Bonchev–Trinajstić information content (AvgIpc) is 2.87. The summed E-state index contributed by atoms with van der Waals surface area (Å²) >= 11 is 0. The molecule has 1 amide bonds. The van der Waals surface area contributed by atoms with Crippen LogP contribution < -0.4 is 5.32 Å². The van der Waals surface area contributed by atoms with Crippen molar-refractivity contribution >= 4 is 5.91 Å². The maximum atomic E-state index is 13.1. The van der Waals surface area contributed by atoms with E-state index < -0.39 is 0 Å². The lowest BCUT2D eigenvalue weighted by molar-refractivity contribution is -0.129. The smallest absolute Gasteiger partial charge is 0.249 e. The first-order chi connectivity index (χ1) is 8.66. The van der Waals surface area contributed by atoms with Gasteiger partial charge in [-0.1, -0.05) is 12.1 Å². The molecule has 1 unspecified atom stereocenters. The molecule has 1 aliphatic heterocycles. The highest BCUT2D eigenvalue weighted by atomic mass is 19.1. The van der Waals surface area contributed by atoms with Crippen molar-refractivity contribution in [3.05, 3.63) is 35.1 Å². The van der Waals surface area contributed by atoms with E-state index in [0.717, 1.165) is 18.4 Å². The van der Waals surface area contributed by atoms with E-state index in [2.05, 4.69) is 5.32 Å². The molecule has 0 bridgehead atoms. The molecule has 1 heterocycles. The summed E-state index contributed by atoms with van der Waals surface area (Å²) < 4.78 is 18.4. The van der Waals surface area contributed by atoms with E-state index in [1.165, 1.54) is 6.07 Å². The van der Waals surface area contributed by atoms with Crippen LogP contribution in [-0.4, -0.2) is 25.2 Å². The number of nitrogens with one attached hydrogen (secondary N) is 1. The minimum atomic E-state index is -0.278. The van der Waals surface area contributed by atoms with Gasteiger partial charge in [-0.2, -0.15) is 0 Å². The number of hydrogen-bond acceptors (Lipinski definition) is 2. The predicted molar refractivity (Wildman–Crippen MR) is 66.8 cm³/mol. The van der Waals surface area contributed by atoms with Gasteiger partial charge in [-0.15, -0.1) is 0 Å². The zero-order chi connectivity index (χ0) is 13.0. The first-order valence-electron chi connectivity index (χ1n) is 6.31. The fraction of sp³-hybridized carbons (Fsp3) is 0.500. The Kier molecular flexibility index (Phi) is 4.31. The molecule has 1 aromatic carbocycles. The summed E-state index contributed by atoms with van der Waals surface area (Å²) in [5.74, 6) is -0.228. The van der Waals surface area contributed by atoms with Crippen LogP contribution in [0.1, 0.15) is 24.0 Å². The minimum Gasteiger partial charge on any atom is -0.368 e. The summed E-state index contributed by atoms with van der Waals surface area (Å²) in [5.41, 5.74) is 1.67. The molecule has 0 spiro atoms. The van der Waals surface area contributed by atoms with E-state index in [0.29, 0.717) is 25.1 Å². The number of carbonyl (C=O) groups excluding carboxylic acids is 1. The molecule has 1 atom stereocenters. The maximum Gasteiger partial charge on any atom is 0.249 e. The van der Waals surface area contributed by atoms with Gasteiger partial charge >= 0.3 is 0 Å². The second kappa shape index (κ2) is 5.96. The fourth-order valence-corrected chi connectivity index (χ4v) is 2.09. The van der Waals surface area contributed by atoms with Gasteiger partial charge in [-0.3, -0.25) is 4.79 Å². The molecule has 4 heteroatoms. The molecular weight excluding hydrogens is 233 g/mol. The van der Waals surface area contributed by atoms with Gasteiger partial charge in [0.05, 0.1) is 0 Å². The molecule has 98 valence electrons. The molecule has 0 aliphatic carbocycles. The van der Waals surface area contributed by atoms with E-state index in [9.17, 15) is 9.18 Å². The second-order valence-corrected chi connectivity index (χ2v) is 4.63. The summed E-state index contributed by atoms with van der Waals surface area (Å²) in [7, 11) is 0. The highest BCUT2D eigenvalue weighted by Gasteiger charge is 2.22. The first kappa shape index (κ1) is 13.0. The normalized spacial score (nSPS) is 18.9. The van der Waals surface area contributed by atoms with Crippen LogP contribution in [0.15, 0.2) is 18.2 Å². The lowest BCUT2D eigenvalue weighted by atomic mass is 10.1. The third kappa shape index (κ3) is 3.29. The van der Waals surface area contributed by atoms with Gasteiger partial charge in [0.1, 0.15) is 11.9 Å². The largest absolute Gasteiger partial charge is 0.368 e. The first-order valence-corrected chi connectivity index (χ1v) is 6.31. The molecule has 1 fully saturated rings. The maximum absolute atomic E-state index is 13.1. The molecule has 2 rings (SSSR count). The monoisotopic (exact) mass is 251 g/mol. The Morgan fingerprint density at radius 3 is 3.06 bits per heavy atom. The van der Waals surface area contributed by atoms with Crippen molar-refractivity contribution in [1.29, 1.82) is 0 Å². The number of carbonyl (C=O) groups is 1. The van der Waals surface area contributed by atoms with Crippen molar-refractivity contribution in [2.75, 3.05) is 13.2 Å². The quantitative estimate of drug-likeness (QED) is 0.888. The molecule has 0 radical (unpaired) electrons. The van der Waals surface area contributed by atoms with Crippen LogP contribution in [0.4, 0.5) is 4.39 Å². The van der Waals surface area contributed by atoms with Crippen LogP contribution >= 0.6 is 0 Å². The van der Waals surface area contributed by atoms with Crippen LogP contribution in [-0.2, 0) is 16.0 Å². The third-order valence-corrected chi connectivity index (χ3v) is 3.16. The van der Waals surface area contributed by atoms with Crippen LogP contribution in [0, 0.1) is 12.7 Å². The number of hydrogen-bond donors (Lipinski definition) is 1. The summed E-state index contributed by atoms with van der Waals surface area (Å²) in [6.07, 6.45) is 2.19. The van der Waals surface area contributed by atoms with Crippen molar-refractivity contribution in [3.63, 3.8) is 0 Å². The zero-order valence-electron chi connectivity index (χ0n) is 10.5. The van der Waals surface area contributed by atoms with E-state index in [-0.39, 0.29) is 17.8 Å². The minimum absolute atomic E-state index is 0.0358. The van der Waals surface area contributed by atoms with Crippen molar-refractivity contribution in [2.24, 2.45) is 0 Å². The third-order valence-electron chi connectivity index (χ3n) is 3.16. The predicted octanol–water partition coefficient (Wildman–Crippen LogP) is 1.97. The van der Waals surface area contributed by atoms with Gasteiger partial charge in [0.2, 0.25) is 5.91 Å². The van der Waals surface area contributed by atoms with Gasteiger partial charge < -0.3 is 10.1 Å². The van der Waals surface area contributed by atoms with Gasteiger partial charge in [-0.25, -0.2) is 4.39 Å². The van der Waals surface area contributed by atoms with Crippen LogP contribution in [0.5, 0.6) is 0 Å². The number of benzene rings is 1. The number of amides is 1. The van der Waals surface area contributed by atoms with Gasteiger partial charge in [-0.05, 0) is 43.4 Å². The Balaban J connectivity index is 1.77. The standard InChI is InChI=1S/C14H18FNO2/c1-10-9-11(4-5-12(10)15)6-7-16-14(17)13-3-2-8-18-13/h4-5,9,13H,2-3,6-8H2,1H3,(H,16,17). The summed E-state index contributed by atoms with van der Waals surface area (Å²) in [4.78, 5) is 11.7. The molecule has 18 heavy (non-hydrogen) atoms.